The minimum Gasteiger partial charge on any atom is -0.491 e. The van der Waals surface area contributed by atoms with Crippen LogP contribution in [0, 0.1) is 0 Å². The van der Waals surface area contributed by atoms with Crippen molar-refractivity contribution in [3.63, 3.8) is 0 Å². The van der Waals surface area contributed by atoms with Gasteiger partial charge in [0.15, 0.2) is 0 Å². The van der Waals surface area contributed by atoms with Crippen molar-refractivity contribution in [2.24, 2.45) is 0 Å². The first-order chi connectivity index (χ1) is 13.2. The molecule has 0 radical (unpaired) electrons. The predicted molar refractivity (Wildman–Crippen MR) is 106 cm³/mol. The van der Waals surface area contributed by atoms with Gasteiger partial charge in [0.05, 0.1) is 12.7 Å². The second-order valence-electron chi connectivity index (χ2n) is 7.11. The third kappa shape index (κ3) is 6.12. The van der Waals surface area contributed by atoms with Gasteiger partial charge in [-0.2, -0.15) is 0 Å². The summed E-state index contributed by atoms with van der Waals surface area (Å²) in [5, 5.41) is 2.60. The van der Waals surface area contributed by atoms with Crippen LogP contribution in [0.25, 0.3) is 0 Å². The molecular formula is C19H28N2O6S. The van der Waals surface area contributed by atoms with Gasteiger partial charge in [0, 0.05) is 5.69 Å². The number of hydrogen-bond donors (Lipinski definition) is 2. The summed E-state index contributed by atoms with van der Waals surface area (Å²) in [5.41, 5.74) is -0.803. The Morgan fingerprint density at radius 2 is 1.75 bits per heavy atom. The monoisotopic (exact) mass is 412 g/mol. The van der Waals surface area contributed by atoms with E-state index in [1.54, 1.807) is 31.2 Å². The van der Waals surface area contributed by atoms with E-state index in [4.69, 9.17) is 9.47 Å². The van der Waals surface area contributed by atoms with Gasteiger partial charge in [-0.05, 0) is 57.9 Å². The molecule has 0 aliphatic heterocycles. The summed E-state index contributed by atoms with van der Waals surface area (Å²) in [7, 11) is -3.93. The van der Waals surface area contributed by atoms with Crippen molar-refractivity contribution in [2.45, 2.75) is 58.1 Å². The molecule has 1 aromatic carbocycles. The maximum Gasteiger partial charge on any atom is 0.331 e. The van der Waals surface area contributed by atoms with Gasteiger partial charge in [0.2, 0.25) is 15.9 Å². The zero-order chi connectivity index (χ0) is 20.8. The summed E-state index contributed by atoms with van der Waals surface area (Å²) < 4.78 is 37.6. The molecule has 156 valence electrons. The van der Waals surface area contributed by atoms with Gasteiger partial charge in [0.25, 0.3) is 0 Å². The Balaban J connectivity index is 1.98. The molecule has 0 spiro atoms. The van der Waals surface area contributed by atoms with Crippen LogP contribution < -0.4 is 14.8 Å². The van der Waals surface area contributed by atoms with Crippen molar-refractivity contribution < 1.29 is 27.5 Å². The van der Waals surface area contributed by atoms with Crippen LogP contribution >= 0.6 is 0 Å². The molecule has 1 saturated carbocycles. The highest BCUT2D eigenvalue weighted by Crippen LogP contribution is 2.31. The molecule has 2 N–H and O–H groups in total. The van der Waals surface area contributed by atoms with Crippen LogP contribution in [-0.2, 0) is 24.3 Å². The highest BCUT2D eigenvalue weighted by Gasteiger charge is 2.44. The molecule has 1 aromatic rings. The van der Waals surface area contributed by atoms with Crippen LogP contribution in [0.15, 0.2) is 24.3 Å². The van der Waals surface area contributed by atoms with Gasteiger partial charge in [0.1, 0.15) is 17.0 Å². The van der Waals surface area contributed by atoms with Gasteiger partial charge < -0.3 is 14.8 Å². The van der Waals surface area contributed by atoms with Crippen LogP contribution in [0.2, 0.25) is 0 Å². The van der Waals surface area contributed by atoms with Crippen molar-refractivity contribution >= 4 is 27.6 Å². The van der Waals surface area contributed by atoms with Crippen LogP contribution in [0.5, 0.6) is 5.75 Å². The van der Waals surface area contributed by atoms with E-state index in [0.717, 1.165) is 12.8 Å². The van der Waals surface area contributed by atoms with E-state index in [2.05, 4.69) is 10.0 Å². The van der Waals surface area contributed by atoms with Gasteiger partial charge >= 0.3 is 5.97 Å². The third-order valence-electron chi connectivity index (χ3n) is 4.32. The molecule has 1 aliphatic carbocycles. The van der Waals surface area contributed by atoms with Gasteiger partial charge in [-0.3, -0.25) is 9.52 Å². The number of esters is 1. The highest BCUT2D eigenvalue weighted by molar-refractivity contribution is 7.93. The first-order valence-corrected chi connectivity index (χ1v) is 11.1. The number of benzene rings is 1. The third-order valence-corrected chi connectivity index (χ3v) is 5.51. The fraction of sp³-hybridized carbons (Fsp3) is 0.579. The van der Waals surface area contributed by atoms with Crippen molar-refractivity contribution in [3.05, 3.63) is 24.3 Å². The lowest BCUT2D eigenvalue weighted by Gasteiger charge is -2.27. The van der Waals surface area contributed by atoms with Gasteiger partial charge in [-0.1, -0.05) is 12.8 Å². The normalized spacial score (nSPS) is 15.9. The maximum atomic E-state index is 12.3. The molecule has 28 heavy (non-hydrogen) atoms. The van der Waals surface area contributed by atoms with Crippen LogP contribution in [0.3, 0.4) is 0 Å². The van der Waals surface area contributed by atoms with Crippen LogP contribution in [0.4, 0.5) is 5.69 Å². The van der Waals surface area contributed by atoms with Gasteiger partial charge in [-0.25, -0.2) is 13.2 Å². The Hall–Kier alpha value is -2.29. The Kier molecular flexibility index (Phi) is 7.29. The number of amides is 1. The molecule has 0 aromatic heterocycles. The molecule has 0 atom stereocenters. The van der Waals surface area contributed by atoms with E-state index in [1.807, 2.05) is 13.8 Å². The van der Waals surface area contributed by atoms with E-state index in [-0.39, 0.29) is 12.7 Å². The summed E-state index contributed by atoms with van der Waals surface area (Å²) in [6, 6.07) is 6.41. The molecule has 9 heteroatoms. The van der Waals surface area contributed by atoms with Crippen molar-refractivity contribution in [3.8, 4) is 5.75 Å². The second kappa shape index (κ2) is 9.27. The molecule has 1 amide bonds. The molecule has 0 saturated heterocycles. The smallest absolute Gasteiger partial charge is 0.331 e. The zero-order valence-corrected chi connectivity index (χ0v) is 17.3. The van der Waals surface area contributed by atoms with Crippen molar-refractivity contribution in [1.82, 2.24) is 5.32 Å². The second-order valence-corrected chi connectivity index (χ2v) is 8.83. The fourth-order valence-electron chi connectivity index (χ4n) is 3.19. The summed E-state index contributed by atoms with van der Waals surface area (Å²) in [4.78, 5) is 24.6. The first kappa shape index (κ1) is 22.0. The van der Waals surface area contributed by atoms with Crippen molar-refractivity contribution in [1.29, 1.82) is 0 Å². The summed E-state index contributed by atoms with van der Waals surface area (Å²) in [5.74, 6) is -1.40. The molecule has 1 fully saturated rings. The Morgan fingerprint density at radius 3 is 2.29 bits per heavy atom. The SMILES string of the molecule is CCOC(=O)C1(NC(=O)CS(=O)(=O)Nc2ccc(OC(C)C)cc2)CCCC1. The van der Waals surface area contributed by atoms with E-state index in [0.29, 0.717) is 24.3 Å². The number of hydrogen-bond acceptors (Lipinski definition) is 6. The number of rotatable bonds is 9. The van der Waals surface area contributed by atoms with E-state index in [1.165, 1.54) is 0 Å². The lowest BCUT2D eigenvalue weighted by atomic mass is 9.98. The van der Waals surface area contributed by atoms with E-state index >= 15 is 0 Å². The average molecular weight is 413 g/mol. The van der Waals surface area contributed by atoms with E-state index in [9.17, 15) is 18.0 Å². The summed E-state index contributed by atoms with van der Waals surface area (Å²) in [6.07, 6.45) is 2.45. The number of ether oxygens (including phenoxy) is 2. The quantitative estimate of drug-likeness (QED) is 0.602. The lowest BCUT2D eigenvalue weighted by Crippen LogP contribution is -2.54. The Morgan fingerprint density at radius 1 is 1.14 bits per heavy atom. The van der Waals surface area contributed by atoms with Crippen LogP contribution in [0.1, 0.15) is 46.5 Å². The topological polar surface area (TPSA) is 111 Å². The number of carbonyl (C=O) groups excluding carboxylic acids is 2. The number of anilines is 1. The number of nitrogens with one attached hydrogen (secondary N) is 2. The van der Waals surface area contributed by atoms with Crippen molar-refractivity contribution in [2.75, 3.05) is 17.1 Å². The summed E-state index contributed by atoms with van der Waals surface area (Å²) in [6.45, 7) is 5.67. The molecule has 2 rings (SSSR count). The summed E-state index contributed by atoms with van der Waals surface area (Å²) >= 11 is 0. The first-order valence-electron chi connectivity index (χ1n) is 9.41. The fourth-order valence-corrected chi connectivity index (χ4v) is 4.18. The minimum atomic E-state index is -3.93. The van der Waals surface area contributed by atoms with E-state index < -0.39 is 33.2 Å². The number of carbonyl (C=O) groups is 2. The standard InChI is InChI=1S/C19H28N2O6S/c1-4-26-18(23)19(11-5-6-12-19)20-17(22)13-28(24,25)21-15-7-9-16(10-8-15)27-14(2)3/h7-10,14,21H,4-6,11-13H2,1-3H3,(H,20,22). The minimum absolute atomic E-state index is 0.00791. The Labute approximate surface area is 166 Å². The van der Waals surface area contributed by atoms with Gasteiger partial charge in [-0.15, -0.1) is 0 Å². The van der Waals surface area contributed by atoms with Crippen LogP contribution in [-0.4, -0.2) is 44.3 Å². The molecule has 8 nitrogen and oxygen atoms in total. The highest BCUT2D eigenvalue weighted by atomic mass is 32.2. The molecular weight excluding hydrogens is 384 g/mol. The average Bonchev–Trinajstić information content (AvgIpc) is 3.05. The molecule has 0 bridgehead atoms. The predicted octanol–water partition coefficient (Wildman–Crippen LogP) is 2.21. The number of sulfonamides is 1. The Bertz CT molecular complexity index is 783. The molecule has 0 unspecified atom stereocenters. The lowest BCUT2D eigenvalue weighted by molar-refractivity contribution is -0.152. The molecule has 1 aliphatic rings. The zero-order valence-electron chi connectivity index (χ0n) is 16.5. The maximum absolute atomic E-state index is 12.3. The largest absolute Gasteiger partial charge is 0.491 e. The molecule has 0 heterocycles.